The molecule has 2 fully saturated rings. The summed E-state index contributed by atoms with van der Waals surface area (Å²) < 4.78 is 0. The SMILES string of the molecule is O=C1NCC[C@@H]2N[C@@]3(C(=O)Nc4nc(Cl)ccc43)[C@@H](c3cccc(Cl)c3)[C@H]12. The Kier molecular flexibility index (Phi) is 3.73. The standard InChI is InChI=1S/C19H16Cl2N4O2/c20-10-3-1-2-9(8-10)15-14-12(6-7-22-17(14)26)25-19(15)11-4-5-13(21)23-16(11)24-18(19)27/h1-5,8,12,14-15,25H,6-7H2,(H,22,26)(H,23,24,27)/t12-,14+,15-,19+/m0/s1. The lowest BCUT2D eigenvalue weighted by Crippen LogP contribution is -2.49. The Labute approximate surface area is 165 Å². The molecular weight excluding hydrogens is 387 g/mol. The first-order chi connectivity index (χ1) is 13.0. The van der Waals surface area contributed by atoms with Gasteiger partial charge in [-0.3, -0.25) is 14.9 Å². The Morgan fingerprint density at radius 3 is 2.81 bits per heavy atom. The van der Waals surface area contributed by atoms with E-state index in [2.05, 4.69) is 20.9 Å². The molecule has 4 heterocycles. The van der Waals surface area contributed by atoms with Crippen LogP contribution in [0.4, 0.5) is 5.82 Å². The summed E-state index contributed by atoms with van der Waals surface area (Å²) in [5.41, 5.74) is 0.468. The van der Waals surface area contributed by atoms with Crippen LogP contribution in [0.3, 0.4) is 0 Å². The van der Waals surface area contributed by atoms with Crippen molar-refractivity contribution in [2.45, 2.75) is 23.9 Å². The van der Waals surface area contributed by atoms with E-state index < -0.39 is 11.5 Å². The van der Waals surface area contributed by atoms with Crippen molar-refractivity contribution in [3.05, 3.63) is 57.7 Å². The van der Waals surface area contributed by atoms with Crippen LogP contribution in [0.25, 0.3) is 0 Å². The summed E-state index contributed by atoms with van der Waals surface area (Å²) in [4.78, 5) is 30.3. The van der Waals surface area contributed by atoms with Crippen molar-refractivity contribution in [2.24, 2.45) is 5.92 Å². The van der Waals surface area contributed by atoms with Gasteiger partial charge in [-0.15, -0.1) is 0 Å². The number of carbonyl (C=O) groups excluding carboxylic acids is 2. The van der Waals surface area contributed by atoms with E-state index in [0.717, 1.165) is 12.0 Å². The van der Waals surface area contributed by atoms with Crippen LogP contribution in [0.5, 0.6) is 0 Å². The largest absolute Gasteiger partial charge is 0.356 e. The highest BCUT2D eigenvalue weighted by atomic mass is 35.5. The summed E-state index contributed by atoms with van der Waals surface area (Å²) in [6.07, 6.45) is 0.749. The summed E-state index contributed by atoms with van der Waals surface area (Å²) in [7, 11) is 0. The molecule has 27 heavy (non-hydrogen) atoms. The minimum atomic E-state index is -1.09. The number of piperidine rings is 1. The van der Waals surface area contributed by atoms with Crippen molar-refractivity contribution in [3.63, 3.8) is 0 Å². The normalized spacial score (nSPS) is 31.4. The summed E-state index contributed by atoms with van der Waals surface area (Å²) >= 11 is 12.3. The molecule has 3 aliphatic rings. The van der Waals surface area contributed by atoms with Gasteiger partial charge in [-0.05, 0) is 36.2 Å². The first-order valence-corrected chi connectivity index (χ1v) is 9.55. The van der Waals surface area contributed by atoms with Crippen LogP contribution < -0.4 is 16.0 Å². The number of halogens is 2. The molecule has 1 aromatic heterocycles. The lowest BCUT2D eigenvalue weighted by atomic mass is 9.71. The molecule has 0 bridgehead atoms. The molecule has 0 saturated carbocycles. The van der Waals surface area contributed by atoms with Gasteiger partial charge in [0.2, 0.25) is 5.91 Å². The van der Waals surface area contributed by atoms with E-state index >= 15 is 0 Å². The zero-order valence-electron chi connectivity index (χ0n) is 14.1. The molecule has 2 amide bonds. The fourth-order valence-electron chi connectivity index (χ4n) is 4.81. The maximum Gasteiger partial charge on any atom is 0.251 e. The number of hydrogen-bond donors (Lipinski definition) is 3. The van der Waals surface area contributed by atoms with E-state index in [9.17, 15) is 9.59 Å². The van der Waals surface area contributed by atoms with E-state index in [4.69, 9.17) is 23.2 Å². The Bertz CT molecular complexity index is 982. The third-order valence-electron chi connectivity index (χ3n) is 5.81. The number of rotatable bonds is 1. The lowest BCUT2D eigenvalue weighted by molar-refractivity contribution is -0.127. The van der Waals surface area contributed by atoms with Crippen LogP contribution in [0, 0.1) is 5.92 Å². The van der Waals surface area contributed by atoms with Crippen molar-refractivity contribution in [1.82, 2.24) is 15.6 Å². The highest BCUT2D eigenvalue weighted by Gasteiger charge is 2.64. The van der Waals surface area contributed by atoms with Gasteiger partial charge in [0, 0.05) is 29.1 Å². The number of benzene rings is 1. The number of carbonyl (C=O) groups is 2. The van der Waals surface area contributed by atoms with Gasteiger partial charge in [-0.1, -0.05) is 35.3 Å². The molecule has 0 aliphatic carbocycles. The molecular formula is C19H16Cl2N4O2. The van der Waals surface area contributed by atoms with E-state index in [-0.39, 0.29) is 23.8 Å². The molecule has 4 atom stereocenters. The Morgan fingerprint density at radius 1 is 1.15 bits per heavy atom. The van der Waals surface area contributed by atoms with Crippen LogP contribution in [0.15, 0.2) is 36.4 Å². The van der Waals surface area contributed by atoms with E-state index in [0.29, 0.717) is 28.1 Å². The van der Waals surface area contributed by atoms with Crippen LogP contribution in [0.2, 0.25) is 10.2 Å². The zero-order chi connectivity index (χ0) is 18.8. The van der Waals surface area contributed by atoms with E-state index in [1.165, 1.54) is 0 Å². The molecule has 8 heteroatoms. The molecule has 2 saturated heterocycles. The average Bonchev–Trinajstić information content (AvgIpc) is 3.11. The smallest absolute Gasteiger partial charge is 0.251 e. The number of hydrogen-bond acceptors (Lipinski definition) is 4. The van der Waals surface area contributed by atoms with Crippen molar-refractivity contribution >= 4 is 40.8 Å². The number of anilines is 1. The highest BCUT2D eigenvalue weighted by Crippen LogP contribution is 2.54. The van der Waals surface area contributed by atoms with Gasteiger partial charge >= 0.3 is 0 Å². The van der Waals surface area contributed by atoms with Crippen LogP contribution in [-0.2, 0) is 15.1 Å². The molecule has 1 spiro atoms. The lowest BCUT2D eigenvalue weighted by Gasteiger charge is -2.32. The van der Waals surface area contributed by atoms with Crippen molar-refractivity contribution in [2.75, 3.05) is 11.9 Å². The van der Waals surface area contributed by atoms with Crippen molar-refractivity contribution in [3.8, 4) is 0 Å². The Morgan fingerprint density at radius 2 is 2.00 bits per heavy atom. The number of nitrogens with one attached hydrogen (secondary N) is 3. The fourth-order valence-corrected chi connectivity index (χ4v) is 5.16. The minimum Gasteiger partial charge on any atom is -0.356 e. The molecule has 3 N–H and O–H groups in total. The van der Waals surface area contributed by atoms with Crippen molar-refractivity contribution in [1.29, 1.82) is 0 Å². The topological polar surface area (TPSA) is 83.1 Å². The summed E-state index contributed by atoms with van der Waals surface area (Å²) in [6, 6.07) is 10.7. The zero-order valence-corrected chi connectivity index (χ0v) is 15.6. The Balaban J connectivity index is 1.75. The predicted octanol–water partition coefficient (Wildman–Crippen LogP) is 2.43. The monoisotopic (exact) mass is 402 g/mol. The van der Waals surface area contributed by atoms with Gasteiger partial charge in [-0.2, -0.15) is 0 Å². The molecule has 5 rings (SSSR count). The van der Waals surface area contributed by atoms with Crippen molar-refractivity contribution < 1.29 is 9.59 Å². The number of fused-ring (bicyclic) bond motifs is 3. The molecule has 0 unspecified atom stereocenters. The van der Waals surface area contributed by atoms with Crippen LogP contribution >= 0.6 is 23.2 Å². The van der Waals surface area contributed by atoms with Crippen LogP contribution in [-0.4, -0.2) is 29.4 Å². The minimum absolute atomic E-state index is 0.0521. The molecule has 1 aromatic carbocycles. The number of amides is 2. The Hall–Kier alpha value is -2.15. The molecule has 138 valence electrons. The maximum absolute atomic E-state index is 13.3. The number of pyridine rings is 1. The highest BCUT2D eigenvalue weighted by molar-refractivity contribution is 6.30. The van der Waals surface area contributed by atoms with Gasteiger partial charge in [0.1, 0.15) is 16.5 Å². The third kappa shape index (κ3) is 2.33. The second kappa shape index (κ2) is 5.92. The number of nitrogens with zero attached hydrogens (tertiary/aromatic N) is 1. The first-order valence-electron chi connectivity index (χ1n) is 8.80. The van der Waals surface area contributed by atoms with E-state index in [1.54, 1.807) is 12.1 Å². The number of aromatic nitrogens is 1. The molecule has 0 radical (unpaired) electrons. The fraction of sp³-hybridized carbons (Fsp3) is 0.316. The van der Waals surface area contributed by atoms with Gasteiger partial charge in [0.05, 0.1) is 5.92 Å². The van der Waals surface area contributed by atoms with E-state index in [1.807, 2.05) is 24.3 Å². The van der Waals surface area contributed by atoms with Gasteiger partial charge in [0.25, 0.3) is 5.91 Å². The van der Waals surface area contributed by atoms with Gasteiger partial charge in [-0.25, -0.2) is 4.98 Å². The van der Waals surface area contributed by atoms with Gasteiger partial charge in [0.15, 0.2) is 0 Å². The average molecular weight is 403 g/mol. The van der Waals surface area contributed by atoms with Gasteiger partial charge < -0.3 is 10.6 Å². The molecule has 3 aliphatic heterocycles. The summed E-state index contributed by atoms with van der Waals surface area (Å²) in [5.74, 6) is -0.635. The molecule has 6 nitrogen and oxygen atoms in total. The summed E-state index contributed by atoms with van der Waals surface area (Å²) in [6.45, 7) is 0.582. The third-order valence-corrected chi connectivity index (χ3v) is 6.26. The predicted molar refractivity (Wildman–Crippen MR) is 102 cm³/mol. The maximum atomic E-state index is 13.3. The molecule has 2 aromatic rings. The summed E-state index contributed by atoms with van der Waals surface area (Å²) in [5, 5.41) is 10.2. The first kappa shape index (κ1) is 17.0. The second-order valence-electron chi connectivity index (χ2n) is 7.18. The van der Waals surface area contributed by atoms with Crippen LogP contribution in [0.1, 0.15) is 23.5 Å². The quantitative estimate of drug-likeness (QED) is 0.639. The second-order valence-corrected chi connectivity index (χ2v) is 8.00.